The second kappa shape index (κ2) is 5.74. The summed E-state index contributed by atoms with van der Waals surface area (Å²) in [5, 5.41) is 10.8. The molecule has 0 bridgehead atoms. The molecule has 94 valence electrons. The fourth-order valence-corrected chi connectivity index (χ4v) is 3.04. The first kappa shape index (κ1) is 12.7. The van der Waals surface area contributed by atoms with Crippen LogP contribution in [0.25, 0.3) is 0 Å². The molecule has 17 heavy (non-hydrogen) atoms. The van der Waals surface area contributed by atoms with Crippen LogP contribution in [-0.4, -0.2) is 11.7 Å². The molecular formula is C14H20ClNO. The van der Waals surface area contributed by atoms with Gasteiger partial charge in [0.1, 0.15) is 5.75 Å². The molecule has 1 aromatic carbocycles. The number of rotatable bonds is 3. The Morgan fingerprint density at radius 3 is 2.59 bits per heavy atom. The van der Waals surface area contributed by atoms with E-state index in [0.717, 1.165) is 16.1 Å². The summed E-state index contributed by atoms with van der Waals surface area (Å²) in [5.74, 6) is 0.870. The van der Waals surface area contributed by atoms with Gasteiger partial charge in [0.15, 0.2) is 0 Å². The van der Waals surface area contributed by atoms with E-state index < -0.39 is 0 Å². The predicted molar refractivity (Wildman–Crippen MR) is 71.7 cm³/mol. The lowest BCUT2D eigenvalue weighted by atomic mass is 9.83. The van der Waals surface area contributed by atoms with Crippen LogP contribution in [0.4, 0.5) is 0 Å². The highest BCUT2D eigenvalue weighted by atomic mass is 35.5. The Morgan fingerprint density at radius 1 is 1.24 bits per heavy atom. The molecule has 0 aromatic heterocycles. The SMILES string of the molecule is NCCc1cc(Cl)c(C2CCCCC2)cc1O. The summed E-state index contributed by atoms with van der Waals surface area (Å²) in [7, 11) is 0. The zero-order valence-corrected chi connectivity index (χ0v) is 10.8. The van der Waals surface area contributed by atoms with Crippen molar-refractivity contribution in [1.29, 1.82) is 0 Å². The van der Waals surface area contributed by atoms with Gasteiger partial charge in [0.25, 0.3) is 0 Å². The van der Waals surface area contributed by atoms with Crippen LogP contribution in [0.3, 0.4) is 0 Å². The Morgan fingerprint density at radius 2 is 1.94 bits per heavy atom. The van der Waals surface area contributed by atoms with E-state index in [2.05, 4.69) is 0 Å². The maximum Gasteiger partial charge on any atom is 0.119 e. The minimum atomic E-state index is 0.348. The van der Waals surface area contributed by atoms with Crippen molar-refractivity contribution in [2.75, 3.05) is 6.54 Å². The molecule has 0 saturated heterocycles. The van der Waals surface area contributed by atoms with Gasteiger partial charge in [0.05, 0.1) is 0 Å². The average Bonchev–Trinajstić information content (AvgIpc) is 2.35. The van der Waals surface area contributed by atoms with E-state index in [1.54, 1.807) is 0 Å². The molecule has 0 spiro atoms. The van der Waals surface area contributed by atoms with Gasteiger partial charge in [0.2, 0.25) is 0 Å². The Labute approximate surface area is 108 Å². The first-order valence-electron chi connectivity index (χ1n) is 6.43. The van der Waals surface area contributed by atoms with Gasteiger partial charge in [-0.3, -0.25) is 0 Å². The van der Waals surface area contributed by atoms with Crippen LogP contribution in [0.2, 0.25) is 5.02 Å². The fourth-order valence-electron chi connectivity index (χ4n) is 2.70. The van der Waals surface area contributed by atoms with Crippen LogP contribution in [0.15, 0.2) is 12.1 Å². The fraction of sp³-hybridized carbons (Fsp3) is 0.571. The van der Waals surface area contributed by atoms with Crippen molar-refractivity contribution >= 4 is 11.6 Å². The van der Waals surface area contributed by atoms with Crippen LogP contribution in [0.5, 0.6) is 5.75 Å². The molecule has 0 radical (unpaired) electrons. The lowest BCUT2D eigenvalue weighted by molar-refractivity contribution is 0.437. The monoisotopic (exact) mass is 253 g/mol. The van der Waals surface area contributed by atoms with Gasteiger partial charge in [-0.25, -0.2) is 0 Å². The molecule has 0 atom stereocenters. The number of hydrogen-bond donors (Lipinski definition) is 2. The summed E-state index contributed by atoms with van der Waals surface area (Å²) in [6, 6.07) is 3.73. The Balaban J connectivity index is 2.25. The summed E-state index contributed by atoms with van der Waals surface area (Å²) in [6.45, 7) is 0.534. The first-order valence-corrected chi connectivity index (χ1v) is 6.81. The van der Waals surface area contributed by atoms with E-state index in [1.807, 2.05) is 12.1 Å². The molecule has 1 aliphatic rings. The molecule has 2 nitrogen and oxygen atoms in total. The number of hydrogen-bond acceptors (Lipinski definition) is 2. The highest BCUT2D eigenvalue weighted by Crippen LogP contribution is 2.39. The summed E-state index contributed by atoms with van der Waals surface area (Å²) < 4.78 is 0. The highest BCUT2D eigenvalue weighted by molar-refractivity contribution is 6.31. The third kappa shape index (κ3) is 2.93. The maximum absolute atomic E-state index is 9.96. The zero-order valence-electron chi connectivity index (χ0n) is 10.1. The van der Waals surface area contributed by atoms with Crippen LogP contribution in [0.1, 0.15) is 49.1 Å². The topological polar surface area (TPSA) is 46.2 Å². The van der Waals surface area contributed by atoms with Crippen molar-refractivity contribution in [3.63, 3.8) is 0 Å². The van der Waals surface area contributed by atoms with E-state index in [-0.39, 0.29) is 0 Å². The predicted octanol–water partition coefficient (Wildman–Crippen LogP) is 3.59. The second-order valence-corrected chi connectivity index (χ2v) is 5.28. The highest BCUT2D eigenvalue weighted by Gasteiger charge is 2.19. The minimum absolute atomic E-state index is 0.348. The first-order chi connectivity index (χ1) is 8.22. The van der Waals surface area contributed by atoms with Crippen LogP contribution in [0, 0.1) is 0 Å². The molecule has 1 aromatic rings. The molecule has 0 heterocycles. The van der Waals surface area contributed by atoms with E-state index in [1.165, 1.54) is 32.1 Å². The lowest BCUT2D eigenvalue weighted by Gasteiger charge is -2.23. The van der Waals surface area contributed by atoms with Gasteiger partial charge >= 0.3 is 0 Å². The van der Waals surface area contributed by atoms with Crippen molar-refractivity contribution in [2.45, 2.75) is 44.4 Å². The van der Waals surface area contributed by atoms with Crippen molar-refractivity contribution in [3.05, 3.63) is 28.3 Å². The van der Waals surface area contributed by atoms with E-state index >= 15 is 0 Å². The number of benzene rings is 1. The molecule has 2 rings (SSSR count). The number of phenolic OH excluding ortho intramolecular Hbond substituents is 1. The third-order valence-electron chi connectivity index (χ3n) is 3.66. The molecule has 1 fully saturated rings. The summed E-state index contributed by atoms with van der Waals surface area (Å²) >= 11 is 6.32. The average molecular weight is 254 g/mol. The maximum atomic E-state index is 9.96. The van der Waals surface area contributed by atoms with Crippen LogP contribution < -0.4 is 5.73 Å². The van der Waals surface area contributed by atoms with Crippen LogP contribution >= 0.6 is 11.6 Å². The van der Waals surface area contributed by atoms with E-state index in [4.69, 9.17) is 17.3 Å². The number of aromatic hydroxyl groups is 1. The summed E-state index contributed by atoms with van der Waals surface area (Å²) in [4.78, 5) is 0. The van der Waals surface area contributed by atoms with E-state index in [0.29, 0.717) is 24.6 Å². The molecule has 0 unspecified atom stereocenters. The molecule has 0 amide bonds. The Hall–Kier alpha value is -0.730. The molecule has 3 N–H and O–H groups in total. The van der Waals surface area contributed by atoms with E-state index in [9.17, 15) is 5.11 Å². The lowest BCUT2D eigenvalue weighted by Crippen LogP contribution is -2.07. The summed E-state index contributed by atoms with van der Waals surface area (Å²) in [6.07, 6.45) is 6.92. The van der Waals surface area contributed by atoms with Crippen molar-refractivity contribution in [1.82, 2.24) is 0 Å². The van der Waals surface area contributed by atoms with Gasteiger partial charge in [-0.15, -0.1) is 0 Å². The standard InChI is InChI=1S/C14H20ClNO/c15-13-8-11(6-7-16)14(17)9-12(13)10-4-2-1-3-5-10/h8-10,17H,1-7,16H2. The van der Waals surface area contributed by atoms with Gasteiger partial charge in [-0.2, -0.15) is 0 Å². The van der Waals surface area contributed by atoms with Crippen molar-refractivity contribution in [2.24, 2.45) is 5.73 Å². The number of halogens is 1. The largest absolute Gasteiger partial charge is 0.508 e. The summed E-state index contributed by atoms with van der Waals surface area (Å²) in [5.41, 5.74) is 7.48. The molecule has 1 aliphatic carbocycles. The van der Waals surface area contributed by atoms with Crippen molar-refractivity contribution in [3.8, 4) is 5.75 Å². The smallest absolute Gasteiger partial charge is 0.119 e. The second-order valence-electron chi connectivity index (χ2n) is 4.88. The molecular weight excluding hydrogens is 234 g/mol. The normalized spacial score (nSPS) is 17.3. The van der Waals surface area contributed by atoms with Crippen LogP contribution in [-0.2, 0) is 6.42 Å². The molecule has 1 saturated carbocycles. The van der Waals surface area contributed by atoms with Gasteiger partial charge in [0, 0.05) is 5.02 Å². The van der Waals surface area contributed by atoms with Gasteiger partial charge in [-0.05, 0) is 55.0 Å². The third-order valence-corrected chi connectivity index (χ3v) is 3.98. The molecule has 0 aliphatic heterocycles. The Bertz CT molecular complexity index is 386. The van der Waals surface area contributed by atoms with Gasteiger partial charge < -0.3 is 10.8 Å². The minimum Gasteiger partial charge on any atom is -0.508 e. The zero-order chi connectivity index (χ0) is 12.3. The number of phenols is 1. The molecule has 3 heteroatoms. The van der Waals surface area contributed by atoms with Gasteiger partial charge in [-0.1, -0.05) is 30.9 Å². The Kier molecular flexibility index (Phi) is 4.30. The quantitative estimate of drug-likeness (QED) is 0.865. The van der Waals surface area contributed by atoms with Crippen molar-refractivity contribution < 1.29 is 5.11 Å². The number of nitrogens with two attached hydrogens (primary N) is 1.